The SMILES string of the molecule is COC(=O)N1CCC(F)(c2cnccc2OC2CC(Nc3nc4ccncc4cc3C)C2)C1. The molecular formula is C24H26FN5O3. The number of aromatic nitrogens is 3. The number of carbonyl (C=O) groups is 1. The number of nitrogens with one attached hydrogen (secondary N) is 1. The fourth-order valence-corrected chi connectivity index (χ4v) is 4.52. The minimum atomic E-state index is -1.71. The van der Waals surface area contributed by atoms with Gasteiger partial charge in [0.1, 0.15) is 17.7 Å². The van der Waals surface area contributed by atoms with Crippen LogP contribution in [0.2, 0.25) is 0 Å². The van der Waals surface area contributed by atoms with E-state index < -0.39 is 11.8 Å². The Labute approximate surface area is 191 Å². The zero-order chi connectivity index (χ0) is 23.0. The molecule has 33 heavy (non-hydrogen) atoms. The number of amides is 1. The molecule has 4 heterocycles. The Kier molecular flexibility index (Phi) is 5.47. The normalized spacial score (nSPS) is 24.4. The van der Waals surface area contributed by atoms with Crippen molar-refractivity contribution in [1.29, 1.82) is 0 Å². The van der Waals surface area contributed by atoms with Crippen LogP contribution in [0.5, 0.6) is 5.75 Å². The van der Waals surface area contributed by atoms with E-state index in [4.69, 9.17) is 14.5 Å². The van der Waals surface area contributed by atoms with Crippen molar-refractivity contribution in [3.63, 3.8) is 0 Å². The predicted molar refractivity (Wildman–Crippen MR) is 121 cm³/mol. The van der Waals surface area contributed by atoms with E-state index in [2.05, 4.69) is 21.4 Å². The number of carbonyl (C=O) groups excluding carboxylic acids is 1. The van der Waals surface area contributed by atoms with Gasteiger partial charge in [-0.2, -0.15) is 0 Å². The van der Waals surface area contributed by atoms with E-state index in [-0.39, 0.29) is 25.1 Å². The minimum Gasteiger partial charge on any atom is -0.490 e. The third-order valence-electron chi connectivity index (χ3n) is 6.45. The van der Waals surface area contributed by atoms with Gasteiger partial charge in [0.15, 0.2) is 5.67 Å². The summed E-state index contributed by atoms with van der Waals surface area (Å²) < 4.78 is 26.7. The maximum Gasteiger partial charge on any atom is 0.409 e. The van der Waals surface area contributed by atoms with E-state index in [0.29, 0.717) is 17.9 Å². The summed E-state index contributed by atoms with van der Waals surface area (Å²) in [4.78, 5) is 26.1. The van der Waals surface area contributed by atoms with E-state index in [1.54, 1.807) is 18.5 Å². The van der Waals surface area contributed by atoms with Crippen LogP contribution in [0.15, 0.2) is 43.0 Å². The number of hydrogen-bond donors (Lipinski definition) is 1. The maximum atomic E-state index is 15.8. The zero-order valence-electron chi connectivity index (χ0n) is 18.6. The molecular weight excluding hydrogens is 425 g/mol. The van der Waals surface area contributed by atoms with Crippen LogP contribution in [-0.4, -0.2) is 58.3 Å². The van der Waals surface area contributed by atoms with Crippen molar-refractivity contribution in [3.05, 3.63) is 54.1 Å². The number of hydrogen-bond acceptors (Lipinski definition) is 7. The highest BCUT2D eigenvalue weighted by Gasteiger charge is 2.45. The predicted octanol–water partition coefficient (Wildman–Crippen LogP) is 3.99. The zero-order valence-corrected chi connectivity index (χ0v) is 18.6. The van der Waals surface area contributed by atoms with Crippen molar-refractivity contribution in [2.45, 2.75) is 44.0 Å². The highest BCUT2D eigenvalue weighted by Crippen LogP contribution is 2.42. The minimum absolute atomic E-state index is 0.0321. The van der Waals surface area contributed by atoms with Gasteiger partial charge in [-0.15, -0.1) is 0 Å². The molecule has 1 atom stereocenters. The molecule has 0 spiro atoms. The summed E-state index contributed by atoms with van der Waals surface area (Å²) in [6, 6.07) is 5.90. The third kappa shape index (κ3) is 4.15. The first-order chi connectivity index (χ1) is 15.9. The highest BCUT2D eigenvalue weighted by molar-refractivity contribution is 5.80. The molecule has 0 radical (unpaired) electrons. The molecule has 1 aliphatic carbocycles. The lowest BCUT2D eigenvalue weighted by Gasteiger charge is -2.37. The van der Waals surface area contributed by atoms with Crippen LogP contribution in [-0.2, 0) is 10.4 Å². The molecule has 9 heteroatoms. The van der Waals surface area contributed by atoms with Crippen molar-refractivity contribution in [1.82, 2.24) is 19.9 Å². The summed E-state index contributed by atoms with van der Waals surface area (Å²) in [6.45, 7) is 2.25. The average Bonchev–Trinajstić information content (AvgIpc) is 3.21. The number of aryl methyl sites for hydroxylation is 1. The molecule has 0 bridgehead atoms. The van der Waals surface area contributed by atoms with Crippen molar-refractivity contribution >= 4 is 22.8 Å². The molecule has 5 rings (SSSR count). The van der Waals surface area contributed by atoms with E-state index in [1.807, 2.05) is 19.2 Å². The molecule has 1 saturated carbocycles. The van der Waals surface area contributed by atoms with E-state index in [9.17, 15) is 4.79 Å². The van der Waals surface area contributed by atoms with Crippen molar-refractivity contribution in [3.8, 4) is 5.75 Å². The molecule has 1 unspecified atom stereocenters. The molecule has 1 saturated heterocycles. The van der Waals surface area contributed by atoms with Gasteiger partial charge in [-0.25, -0.2) is 14.2 Å². The molecule has 1 aliphatic heterocycles. The van der Waals surface area contributed by atoms with Gasteiger partial charge in [0.25, 0.3) is 0 Å². The maximum absolute atomic E-state index is 15.8. The molecule has 8 nitrogen and oxygen atoms in total. The summed E-state index contributed by atoms with van der Waals surface area (Å²) in [5.41, 5.74) is 0.637. The number of anilines is 1. The number of likely N-dealkylation sites (tertiary alicyclic amines) is 1. The highest BCUT2D eigenvalue weighted by atomic mass is 19.1. The number of halogens is 1. The van der Waals surface area contributed by atoms with Crippen LogP contribution in [0, 0.1) is 6.92 Å². The molecule has 2 aliphatic rings. The lowest BCUT2D eigenvalue weighted by molar-refractivity contribution is 0.0938. The summed E-state index contributed by atoms with van der Waals surface area (Å²) in [6.07, 6.45) is 7.84. The first-order valence-electron chi connectivity index (χ1n) is 11.1. The second-order valence-corrected chi connectivity index (χ2v) is 8.75. The second kappa shape index (κ2) is 8.46. The summed E-state index contributed by atoms with van der Waals surface area (Å²) in [5.74, 6) is 1.34. The van der Waals surface area contributed by atoms with Crippen LogP contribution in [0.3, 0.4) is 0 Å². The Morgan fingerprint density at radius 2 is 2.03 bits per heavy atom. The molecule has 1 amide bonds. The van der Waals surface area contributed by atoms with Gasteiger partial charge in [-0.1, -0.05) is 0 Å². The Balaban J connectivity index is 1.23. The van der Waals surface area contributed by atoms with Crippen LogP contribution in [0.1, 0.15) is 30.4 Å². The summed E-state index contributed by atoms with van der Waals surface area (Å²) in [7, 11) is 1.30. The van der Waals surface area contributed by atoms with Crippen LogP contribution < -0.4 is 10.1 Å². The van der Waals surface area contributed by atoms with Gasteiger partial charge in [0.2, 0.25) is 0 Å². The fraction of sp³-hybridized carbons (Fsp3) is 0.417. The van der Waals surface area contributed by atoms with Gasteiger partial charge < -0.3 is 19.7 Å². The summed E-state index contributed by atoms with van der Waals surface area (Å²) >= 11 is 0. The Bertz CT molecular complexity index is 1190. The third-order valence-corrected chi connectivity index (χ3v) is 6.45. The number of rotatable bonds is 5. The largest absolute Gasteiger partial charge is 0.490 e. The van der Waals surface area contributed by atoms with E-state index in [1.165, 1.54) is 18.2 Å². The molecule has 3 aromatic heterocycles. The monoisotopic (exact) mass is 451 g/mol. The number of methoxy groups -OCH3 is 1. The van der Waals surface area contributed by atoms with Gasteiger partial charge in [-0.3, -0.25) is 9.97 Å². The Morgan fingerprint density at radius 1 is 1.24 bits per heavy atom. The smallest absolute Gasteiger partial charge is 0.409 e. The lowest BCUT2D eigenvalue weighted by atomic mass is 9.88. The number of ether oxygens (including phenoxy) is 2. The number of alkyl halides is 1. The average molecular weight is 452 g/mol. The molecule has 2 fully saturated rings. The van der Waals surface area contributed by atoms with Crippen LogP contribution in [0.4, 0.5) is 15.0 Å². The first-order valence-corrected chi connectivity index (χ1v) is 11.1. The first kappa shape index (κ1) is 21.4. The van der Waals surface area contributed by atoms with Crippen LogP contribution >= 0.6 is 0 Å². The molecule has 1 N–H and O–H groups in total. The number of pyridine rings is 3. The van der Waals surface area contributed by atoms with Gasteiger partial charge in [0.05, 0.1) is 24.7 Å². The van der Waals surface area contributed by atoms with Crippen molar-refractivity contribution in [2.24, 2.45) is 0 Å². The lowest BCUT2D eigenvalue weighted by Crippen LogP contribution is -2.43. The second-order valence-electron chi connectivity index (χ2n) is 8.75. The number of fused-ring (bicyclic) bond motifs is 1. The van der Waals surface area contributed by atoms with Gasteiger partial charge in [0, 0.05) is 62.0 Å². The Hall–Kier alpha value is -3.49. The van der Waals surface area contributed by atoms with E-state index in [0.717, 1.165) is 35.1 Å². The Morgan fingerprint density at radius 3 is 2.85 bits per heavy atom. The van der Waals surface area contributed by atoms with E-state index >= 15 is 4.39 Å². The topological polar surface area (TPSA) is 89.5 Å². The summed E-state index contributed by atoms with van der Waals surface area (Å²) in [5, 5.41) is 4.51. The van der Waals surface area contributed by atoms with Gasteiger partial charge in [-0.05, 0) is 30.7 Å². The molecule has 172 valence electrons. The standard InChI is InChI=1S/C24H26FN5O3/c1-15-9-16-12-26-6-3-20(16)29-22(15)28-17-10-18(11-17)33-21-4-7-27-13-19(21)24(25)5-8-30(14-24)23(31)32-2/h3-4,6-7,9,12-13,17-18H,5,8,10-11,14H2,1-2H3,(H,28,29). The fourth-order valence-electron chi connectivity index (χ4n) is 4.52. The van der Waals surface area contributed by atoms with Crippen LogP contribution in [0.25, 0.3) is 10.9 Å². The van der Waals surface area contributed by atoms with Gasteiger partial charge >= 0.3 is 6.09 Å². The quantitative estimate of drug-likeness (QED) is 0.627. The molecule has 0 aromatic carbocycles. The number of nitrogens with zero attached hydrogens (tertiary/aromatic N) is 4. The molecule has 3 aromatic rings. The van der Waals surface area contributed by atoms with Crippen molar-refractivity contribution < 1.29 is 18.7 Å². The van der Waals surface area contributed by atoms with Crippen molar-refractivity contribution in [2.75, 3.05) is 25.5 Å².